The summed E-state index contributed by atoms with van der Waals surface area (Å²) in [6, 6.07) is 7.39. The van der Waals surface area contributed by atoms with Crippen LogP contribution in [0.3, 0.4) is 0 Å². The van der Waals surface area contributed by atoms with E-state index in [0.717, 1.165) is 5.69 Å². The first kappa shape index (κ1) is 15.3. The minimum atomic E-state index is -0.909. The fraction of sp³-hybridized carbons (Fsp3) is 0.375. The molecule has 0 fully saturated rings. The molecule has 0 spiro atoms. The van der Waals surface area contributed by atoms with Crippen LogP contribution in [0.4, 0.5) is 0 Å². The van der Waals surface area contributed by atoms with E-state index in [1.807, 2.05) is 35.9 Å². The minimum Gasteiger partial charge on any atom is -0.389 e. The molecular formula is C16H21N3O2. The van der Waals surface area contributed by atoms with Gasteiger partial charge in [0.2, 0.25) is 0 Å². The maximum atomic E-state index is 12.6. The van der Waals surface area contributed by atoms with Crippen molar-refractivity contribution in [3.8, 4) is 5.69 Å². The third kappa shape index (κ3) is 3.92. The summed E-state index contributed by atoms with van der Waals surface area (Å²) in [6.07, 6.45) is 5.22. The normalized spacial score (nSPS) is 11.4. The number of amides is 1. The van der Waals surface area contributed by atoms with Crippen LogP contribution in [0.25, 0.3) is 5.69 Å². The summed E-state index contributed by atoms with van der Waals surface area (Å²) in [5, 5.41) is 9.91. The maximum absolute atomic E-state index is 12.6. The Bertz CT molecular complexity index is 600. The first-order valence-electron chi connectivity index (χ1n) is 7.01. The molecule has 1 heterocycles. The molecule has 5 heteroatoms. The van der Waals surface area contributed by atoms with Crippen LogP contribution in [-0.2, 0) is 0 Å². The number of nitrogens with zero attached hydrogens (tertiary/aromatic N) is 3. The Hall–Kier alpha value is -2.14. The Morgan fingerprint density at radius 2 is 2.19 bits per heavy atom. The predicted octanol–water partition coefficient (Wildman–Crippen LogP) is 2.11. The molecular weight excluding hydrogens is 266 g/mol. The first-order valence-corrected chi connectivity index (χ1v) is 7.01. The average molecular weight is 287 g/mol. The topological polar surface area (TPSA) is 58.4 Å². The Morgan fingerprint density at radius 3 is 2.76 bits per heavy atom. The molecule has 112 valence electrons. The Labute approximate surface area is 124 Å². The van der Waals surface area contributed by atoms with Gasteiger partial charge in [-0.15, -0.1) is 0 Å². The number of aliphatic hydroxyl groups is 1. The zero-order valence-electron chi connectivity index (χ0n) is 12.7. The van der Waals surface area contributed by atoms with Crippen molar-refractivity contribution in [2.45, 2.75) is 26.4 Å². The van der Waals surface area contributed by atoms with E-state index in [9.17, 15) is 9.90 Å². The van der Waals surface area contributed by atoms with Gasteiger partial charge >= 0.3 is 0 Å². The highest BCUT2D eigenvalue weighted by Crippen LogP contribution is 2.14. The van der Waals surface area contributed by atoms with E-state index in [0.29, 0.717) is 18.7 Å². The Morgan fingerprint density at radius 1 is 1.43 bits per heavy atom. The number of rotatable bonds is 5. The molecule has 1 N–H and O–H groups in total. The van der Waals surface area contributed by atoms with Crippen LogP contribution in [0.5, 0.6) is 0 Å². The van der Waals surface area contributed by atoms with Crippen molar-refractivity contribution < 1.29 is 9.90 Å². The summed E-state index contributed by atoms with van der Waals surface area (Å²) in [4.78, 5) is 18.2. The predicted molar refractivity (Wildman–Crippen MR) is 81.4 cm³/mol. The molecule has 0 aliphatic rings. The molecule has 0 unspecified atom stereocenters. The van der Waals surface area contributed by atoms with Crippen molar-refractivity contribution in [1.82, 2.24) is 14.5 Å². The lowest BCUT2D eigenvalue weighted by Gasteiger charge is -2.28. The molecule has 2 aromatic rings. The standard InChI is InChI=1S/C16H21N3O2/c1-4-18(11-16(2,3)21)15(20)13-6-5-7-14(10-13)19-9-8-17-12-19/h5-10,12,21H,4,11H2,1-3H3. The van der Waals surface area contributed by atoms with Crippen molar-refractivity contribution in [1.29, 1.82) is 0 Å². The molecule has 2 rings (SSSR count). The van der Waals surface area contributed by atoms with E-state index in [1.165, 1.54) is 0 Å². The van der Waals surface area contributed by atoms with Crippen LogP contribution < -0.4 is 0 Å². The van der Waals surface area contributed by atoms with E-state index in [4.69, 9.17) is 0 Å². The molecule has 1 aromatic carbocycles. The summed E-state index contributed by atoms with van der Waals surface area (Å²) in [6.45, 7) is 6.16. The highest BCUT2D eigenvalue weighted by molar-refractivity contribution is 5.94. The Balaban J connectivity index is 2.24. The minimum absolute atomic E-state index is 0.0819. The van der Waals surface area contributed by atoms with Crippen LogP contribution >= 0.6 is 0 Å². The molecule has 0 bridgehead atoms. The molecule has 21 heavy (non-hydrogen) atoms. The number of carbonyl (C=O) groups excluding carboxylic acids is 1. The maximum Gasteiger partial charge on any atom is 0.254 e. The lowest BCUT2D eigenvalue weighted by Crippen LogP contribution is -2.42. The molecule has 0 radical (unpaired) electrons. The van der Waals surface area contributed by atoms with Crippen LogP contribution in [0.1, 0.15) is 31.1 Å². The quantitative estimate of drug-likeness (QED) is 0.916. The van der Waals surface area contributed by atoms with E-state index in [1.54, 1.807) is 37.3 Å². The van der Waals surface area contributed by atoms with E-state index >= 15 is 0 Å². The summed E-state index contributed by atoms with van der Waals surface area (Å²) >= 11 is 0. The molecule has 0 aliphatic heterocycles. The second kappa shape index (κ2) is 6.10. The summed E-state index contributed by atoms with van der Waals surface area (Å²) in [7, 11) is 0. The number of likely N-dealkylation sites (N-methyl/N-ethyl adjacent to an activating group) is 1. The number of benzene rings is 1. The van der Waals surface area contributed by atoms with E-state index in [-0.39, 0.29) is 5.91 Å². The van der Waals surface area contributed by atoms with Gasteiger partial charge in [-0.3, -0.25) is 4.79 Å². The second-order valence-corrected chi connectivity index (χ2v) is 5.65. The lowest BCUT2D eigenvalue weighted by atomic mass is 10.1. The van der Waals surface area contributed by atoms with Crippen LogP contribution in [0.15, 0.2) is 43.0 Å². The molecule has 0 saturated heterocycles. The van der Waals surface area contributed by atoms with Gasteiger partial charge in [-0.25, -0.2) is 4.98 Å². The SMILES string of the molecule is CCN(CC(C)(C)O)C(=O)c1cccc(-n2ccnc2)c1. The number of carbonyl (C=O) groups is 1. The monoisotopic (exact) mass is 287 g/mol. The van der Waals surface area contributed by atoms with E-state index < -0.39 is 5.60 Å². The van der Waals surface area contributed by atoms with Crippen molar-refractivity contribution in [2.24, 2.45) is 0 Å². The number of aromatic nitrogens is 2. The third-order valence-corrected chi connectivity index (χ3v) is 3.14. The zero-order chi connectivity index (χ0) is 15.5. The summed E-state index contributed by atoms with van der Waals surface area (Å²) in [5.74, 6) is -0.0819. The van der Waals surface area contributed by atoms with Gasteiger partial charge in [-0.05, 0) is 39.0 Å². The van der Waals surface area contributed by atoms with Crippen molar-refractivity contribution in [2.75, 3.05) is 13.1 Å². The number of hydrogen-bond acceptors (Lipinski definition) is 3. The second-order valence-electron chi connectivity index (χ2n) is 5.65. The number of imidazole rings is 1. The summed E-state index contributed by atoms with van der Waals surface area (Å²) in [5.41, 5.74) is 0.582. The fourth-order valence-corrected chi connectivity index (χ4v) is 2.19. The smallest absolute Gasteiger partial charge is 0.254 e. The van der Waals surface area contributed by atoms with Gasteiger partial charge in [0.15, 0.2) is 0 Å². The third-order valence-electron chi connectivity index (χ3n) is 3.14. The van der Waals surface area contributed by atoms with Gasteiger partial charge in [0.05, 0.1) is 11.9 Å². The van der Waals surface area contributed by atoms with Crippen molar-refractivity contribution in [3.63, 3.8) is 0 Å². The first-order chi connectivity index (χ1) is 9.90. The molecule has 0 saturated carbocycles. The molecule has 0 aliphatic carbocycles. The highest BCUT2D eigenvalue weighted by Gasteiger charge is 2.22. The van der Waals surface area contributed by atoms with Gasteiger partial charge in [0.25, 0.3) is 5.91 Å². The van der Waals surface area contributed by atoms with Crippen molar-refractivity contribution >= 4 is 5.91 Å². The van der Waals surface area contributed by atoms with Gasteiger partial charge in [-0.2, -0.15) is 0 Å². The van der Waals surface area contributed by atoms with Crippen LogP contribution in [-0.4, -0.2) is 44.2 Å². The zero-order valence-corrected chi connectivity index (χ0v) is 12.7. The molecule has 5 nitrogen and oxygen atoms in total. The summed E-state index contributed by atoms with van der Waals surface area (Å²) < 4.78 is 1.85. The molecule has 1 amide bonds. The molecule has 0 atom stereocenters. The highest BCUT2D eigenvalue weighted by atomic mass is 16.3. The van der Waals surface area contributed by atoms with Gasteiger partial charge < -0.3 is 14.6 Å². The van der Waals surface area contributed by atoms with Crippen LogP contribution in [0.2, 0.25) is 0 Å². The van der Waals surface area contributed by atoms with Gasteiger partial charge in [-0.1, -0.05) is 6.07 Å². The fourth-order valence-electron chi connectivity index (χ4n) is 2.19. The largest absolute Gasteiger partial charge is 0.389 e. The van der Waals surface area contributed by atoms with Crippen LogP contribution in [0, 0.1) is 0 Å². The van der Waals surface area contributed by atoms with E-state index in [2.05, 4.69) is 4.98 Å². The average Bonchev–Trinajstić information content (AvgIpc) is 2.97. The van der Waals surface area contributed by atoms with Crippen molar-refractivity contribution in [3.05, 3.63) is 48.5 Å². The Kier molecular flexibility index (Phi) is 4.43. The number of hydrogen-bond donors (Lipinski definition) is 1. The lowest BCUT2D eigenvalue weighted by molar-refractivity contribution is 0.0314. The molecule has 1 aromatic heterocycles. The van der Waals surface area contributed by atoms with Gasteiger partial charge in [0.1, 0.15) is 0 Å². The van der Waals surface area contributed by atoms with Gasteiger partial charge in [0, 0.05) is 36.7 Å².